The Balaban J connectivity index is 2.15. The van der Waals surface area contributed by atoms with Crippen molar-refractivity contribution in [2.45, 2.75) is 25.2 Å². The Kier molecular flexibility index (Phi) is 2.50. The van der Waals surface area contributed by atoms with Crippen LogP contribution in [0.15, 0.2) is 24.3 Å². The van der Waals surface area contributed by atoms with Crippen LogP contribution in [0.4, 0.5) is 0 Å². The second-order valence-electron chi connectivity index (χ2n) is 3.46. The number of benzene rings is 1. The molecule has 0 heterocycles. The fourth-order valence-electron chi connectivity index (χ4n) is 1.53. The third-order valence-electron chi connectivity index (χ3n) is 2.38. The van der Waals surface area contributed by atoms with E-state index >= 15 is 0 Å². The van der Waals surface area contributed by atoms with Crippen molar-refractivity contribution in [2.75, 3.05) is 5.33 Å². The molecule has 1 saturated carbocycles. The summed E-state index contributed by atoms with van der Waals surface area (Å²) in [5.74, 6) is 0.889. The fourth-order valence-corrected chi connectivity index (χ4v) is 1.99. The molecule has 0 unspecified atom stereocenters. The number of hydrogen-bond acceptors (Lipinski definition) is 0. The number of rotatable bonds is 3. The monoisotopic (exact) mass is 224 g/mol. The molecule has 0 aromatic heterocycles. The van der Waals surface area contributed by atoms with Crippen LogP contribution in [0.3, 0.4) is 0 Å². The minimum Gasteiger partial charge on any atom is -0.0924 e. The zero-order valence-electron chi connectivity index (χ0n) is 7.09. The van der Waals surface area contributed by atoms with Gasteiger partial charge in [-0.25, -0.2) is 0 Å². The molecule has 0 spiro atoms. The third kappa shape index (κ3) is 1.89. The second kappa shape index (κ2) is 3.61. The number of alkyl halides is 1. The van der Waals surface area contributed by atoms with Crippen molar-refractivity contribution in [3.8, 4) is 0 Å². The van der Waals surface area contributed by atoms with Crippen LogP contribution in [-0.2, 0) is 6.42 Å². The topological polar surface area (TPSA) is 0 Å². The van der Waals surface area contributed by atoms with E-state index in [-0.39, 0.29) is 0 Å². The van der Waals surface area contributed by atoms with Gasteiger partial charge in [0.2, 0.25) is 0 Å². The lowest BCUT2D eigenvalue weighted by atomic mass is 10.1. The van der Waals surface area contributed by atoms with Gasteiger partial charge in [-0.2, -0.15) is 0 Å². The molecule has 1 aromatic carbocycles. The predicted octanol–water partition coefficient (Wildman–Crippen LogP) is 3.50. The van der Waals surface area contributed by atoms with E-state index in [9.17, 15) is 0 Å². The van der Waals surface area contributed by atoms with Crippen LogP contribution in [0, 0.1) is 0 Å². The first-order chi connectivity index (χ1) is 5.90. The van der Waals surface area contributed by atoms with E-state index in [0.29, 0.717) is 0 Å². The molecule has 1 fully saturated rings. The smallest absolute Gasteiger partial charge is 0.00718 e. The maximum atomic E-state index is 3.46. The van der Waals surface area contributed by atoms with E-state index in [0.717, 1.165) is 17.7 Å². The molecule has 1 aliphatic carbocycles. The molecule has 1 aliphatic rings. The Bertz CT molecular complexity index is 263. The molecule has 0 aliphatic heterocycles. The standard InChI is InChI=1S/C11H13Br/c12-7-6-9-2-1-3-11(8-9)10-4-5-10/h1-3,8,10H,4-7H2. The molecule has 2 rings (SSSR count). The van der Waals surface area contributed by atoms with Gasteiger partial charge in [0.1, 0.15) is 0 Å². The summed E-state index contributed by atoms with van der Waals surface area (Å²) in [4.78, 5) is 0. The Labute approximate surface area is 82.1 Å². The fraction of sp³-hybridized carbons (Fsp3) is 0.455. The molecule has 1 aromatic rings. The maximum Gasteiger partial charge on any atom is 0.00718 e. The normalized spacial score (nSPS) is 16.4. The molecule has 0 saturated heterocycles. The summed E-state index contributed by atoms with van der Waals surface area (Å²) in [6.45, 7) is 0. The van der Waals surface area contributed by atoms with E-state index < -0.39 is 0 Å². The summed E-state index contributed by atoms with van der Waals surface area (Å²) in [6.07, 6.45) is 3.95. The minimum atomic E-state index is 0.889. The predicted molar refractivity (Wildman–Crippen MR) is 55.9 cm³/mol. The Morgan fingerprint density at radius 3 is 2.83 bits per heavy atom. The average Bonchev–Trinajstić information content (AvgIpc) is 2.88. The molecule has 12 heavy (non-hydrogen) atoms. The first-order valence-electron chi connectivity index (χ1n) is 4.55. The van der Waals surface area contributed by atoms with E-state index in [1.807, 2.05) is 0 Å². The van der Waals surface area contributed by atoms with Crippen molar-refractivity contribution in [3.63, 3.8) is 0 Å². The van der Waals surface area contributed by atoms with Crippen LogP contribution in [-0.4, -0.2) is 5.33 Å². The number of halogens is 1. The van der Waals surface area contributed by atoms with Crippen LogP contribution >= 0.6 is 15.9 Å². The van der Waals surface area contributed by atoms with Crippen LogP contribution in [0.1, 0.15) is 29.9 Å². The van der Waals surface area contributed by atoms with E-state index in [1.165, 1.54) is 18.4 Å². The van der Waals surface area contributed by atoms with Gasteiger partial charge in [0.05, 0.1) is 0 Å². The highest BCUT2D eigenvalue weighted by Gasteiger charge is 2.23. The van der Waals surface area contributed by atoms with Crippen molar-refractivity contribution in [3.05, 3.63) is 35.4 Å². The van der Waals surface area contributed by atoms with Crippen LogP contribution < -0.4 is 0 Å². The number of hydrogen-bond donors (Lipinski definition) is 0. The summed E-state index contributed by atoms with van der Waals surface area (Å²) < 4.78 is 0. The zero-order chi connectivity index (χ0) is 8.39. The van der Waals surface area contributed by atoms with E-state index in [2.05, 4.69) is 40.2 Å². The molecule has 64 valence electrons. The van der Waals surface area contributed by atoms with Gasteiger partial charge in [0.15, 0.2) is 0 Å². The molecule has 1 heteroatoms. The number of aryl methyl sites for hydroxylation is 1. The van der Waals surface area contributed by atoms with Crippen molar-refractivity contribution in [2.24, 2.45) is 0 Å². The maximum absolute atomic E-state index is 3.46. The van der Waals surface area contributed by atoms with Gasteiger partial charge in [-0.15, -0.1) is 0 Å². The van der Waals surface area contributed by atoms with Gasteiger partial charge in [-0.3, -0.25) is 0 Å². The van der Waals surface area contributed by atoms with Crippen LogP contribution in [0.5, 0.6) is 0 Å². The molecule has 0 radical (unpaired) electrons. The highest BCUT2D eigenvalue weighted by atomic mass is 79.9. The molecular weight excluding hydrogens is 212 g/mol. The Hall–Kier alpha value is -0.300. The quantitative estimate of drug-likeness (QED) is 0.690. The first-order valence-corrected chi connectivity index (χ1v) is 5.67. The Morgan fingerprint density at radius 1 is 1.33 bits per heavy atom. The largest absolute Gasteiger partial charge is 0.0924 e. The summed E-state index contributed by atoms with van der Waals surface area (Å²) in [6, 6.07) is 9.02. The first kappa shape index (κ1) is 8.31. The molecule has 0 nitrogen and oxygen atoms in total. The van der Waals surface area contributed by atoms with E-state index in [4.69, 9.17) is 0 Å². The molecule has 0 N–H and O–H groups in total. The third-order valence-corrected chi connectivity index (χ3v) is 2.78. The summed E-state index contributed by atoms with van der Waals surface area (Å²) >= 11 is 3.46. The van der Waals surface area contributed by atoms with Crippen molar-refractivity contribution in [1.29, 1.82) is 0 Å². The highest BCUT2D eigenvalue weighted by molar-refractivity contribution is 9.09. The lowest BCUT2D eigenvalue weighted by Crippen LogP contribution is -1.87. The molecule has 0 amide bonds. The van der Waals surface area contributed by atoms with Gasteiger partial charge >= 0.3 is 0 Å². The molecule has 0 bridgehead atoms. The lowest BCUT2D eigenvalue weighted by molar-refractivity contribution is 1.09. The summed E-state index contributed by atoms with van der Waals surface area (Å²) in [7, 11) is 0. The summed E-state index contributed by atoms with van der Waals surface area (Å²) in [5, 5.41) is 1.07. The van der Waals surface area contributed by atoms with Gasteiger partial charge < -0.3 is 0 Å². The average molecular weight is 225 g/mol. The molecular formula is C11H13Br. The Morgan fingerprint density at radius 2 is 2.17 bits per heavy atom. The van der Waals surface area contributed by atoms with E-state index in [1.54, 1.807) is 5.56 Å². The van der Waals surface area contributed by atoms with Crippen LogP contribution in [0.2, 0.25) is 0 Å². The van der Waals surface area contributed by atoms with Crippen molar-refractivity contribution < 1.29 is 0 Å². The lowest BCUT2D eigenvalue weighted by Gasteiger charge is -2.01. The van der Waals surface area contributed by atoms with Gasteiger partial charge in [0, 0.05) is 5.33 Å². The van der Waals surface area contributed by atoms with Gasteiger partial charge in [-0.1, -0.05) is 40.2 Å². The molecule has 0 atom stereocenters. The van der Waals surface area contributed by atoms with Gasteiger partial charge in [-0.05, 0) is 36.3 Å². The highest BCUT2D eigenvalue weighted by Crippen LogP contribution is 2.40. The minimum absolute atomic E-state index is 0.889. The zero-order valence-corrected chi connectivity index (χ0v) is 8.68. The second-order valence-corrected chi connectivity index (χ2v) is 4.25. The van der Waals surface area contributed by atoms with Crippen LogP contribution in [0.25, 0.3) is 0 Å². The van der Waals surface area contributed by atoms with Gasteiger partial charge in [0.25, 0.3) is 0 Å². The summed E-state index contributed by atoms with van der Waals surface area (Å²) in [5.41, 5.74) is 3.02. The SMILES string of the molecule is BrCCc1cccc(C2CC2)c1. The van der Waals surface area contributed by atoms with Crippen molar-refractivity contribution >= 4 is 15.9 Å². The van der Waals surface area contributed by atoms with Crippen molar-refractivity contribution in [1.82, 2.24) is 0 Å².